The van der Waals surface area contributed by atoms with Gasteiger partial charge in [0.05, 0.1) is 11.8 Å². The maximum absolute atomic E-state index is 13.5. The second-order valence-electron chi connectivity index (χ2n) is 10.2. The summed E-state index contributed by atoms with van der Waals surface area (Å²) >= 11 is 0. The molecule has 2 saturated carbocycles. The minimum Gasteiger partial charge on any atom is -0.366 e. The number of amides is 1. The van der Waals surface area contributed by atoms with Crippen LogP contribution in [0.1, 0.15) is 40.9 Å². The van der Waals surface area contributed by atoms with Crippen molar-refractivity contribution in [2.45, 2.75) is 45.6 Å². The average molecular weight is 507 g/mol. The first kappa shape index (κ1) is 23.6. The van der Waals surface area contributed by atoms with Gasteiger partial charge in [-0.25, -0.2) is 33.7 Å². The van der Waals surface area contributed by atoms with E-state index in [0.717, 1.165) is 22.8 Å². The largest absolute Gasteiger partial charge is 0.366 e. The number of carbonyl (C=O) groups excluding carboxylic acids is 1. The minimum atomic E-state index is -2.50. The van der Waals surface area contributed by atoms with Crippen molar-refractivity contribution < 1.29 is 13.6 Å². The third kappa shape index (κ3) is 4.58. The number of nitrogens with zero attached hydrogens (tertiary/aromatic N) is 6. The lowest BCUT2D eigenvalue weighted by molar-refractivity contribution is -0.117. The zero-order valence-electron chi connectivity index (χ0n) is 20.9. The van der Waals surface area contributed by atoms with Gasteiger partial charge in [0.15, 0.2) is 0 Å². The summed E-state index contributed by atoms with van der Waals surface area (Å²) in [6.07, 6.45) is 2.44. The number of nitrogens with one attached hydrogen (secondary N) is 2. The molecule has 0 bridgehead atoms. The number of hydrogen-bond acceptors (Lipinski definition) is 8. The standard InChI is InChI=1S/C26H28F2N8O/c1-13-6-7-29-24(31-13)17-8-18(17)25(37)35-22-9-21(33-15(3)34-22)30-10-16-4-5-23(32-14(16)2)36-11-19-20(12-36)26(19,27)28/h4-7,9,17-20H,8,10-12H2,1-3H3,(H2,30,33,34,35,37). The van der Waals surface area contributed by atoms with E-state index in [2.05, 4.69) is 35.6 Å². The number of pyridine rings is 1. The Morgan fingerprint density at radius 3 is 2.54 bits per heavy atom. The number of anilines is 3. The van der Waals surface area contributed by atoms with Crippen LogP contribution in [0.15, 0.2) is 30.5 Å². The van der Waals surface area contributed by atoms with Crippen LogP contribution in [0.2, 0.25) is 0 Å². The van der Waals surface area contributed by atoms with E-state index in [1.165, 1.54) is 0 Å². The first-order valence-electron chi connectivity index (χ1n) is 12.5. The van der Waals surface area contributed by atoms with Crippen LogP contribution >= 0.6 is 0 Å². The van der Waals surface area contributed by atoms with Gasteiger partial charge in [-0.2, -0.15) is 0 Å². The van der Waals surface area contributed by atoms with Gasteiger partial charge in [0, 0.05) is 55.1 Å². The molecule has 37 heavy (non-hydrogen) atoms. The summed E-state index contributed by atoms with van der Waals surface area (Å²) in [5.41, 5.74) is 2.68. The molecular weight excluding hydrogens is 478 g/mol. The highest BCUT2D eigenvalue weighted by molar-refractivity contribution is 5.94. The molecule has 0 spiro atoms. The Kier molecular flexibility index (Phi) is 5.54. The molecule has 11 heteroatoms. The van der Waals surface area contributed by atoms with Crippen molar-refractivity contribution in [3.8, 4) is 0 Å². The molecule has 4 heterocycles. The van der Waals surface area contributed by atoms with Crippen molar-refractivity contribution in [1.82, 2.24) is 24.9 Å². The van der Waals surface area contributed by atoms with Crippen molar-refractivity contribution in [3.63, 3.8) is 0 Å². The van der Waals surface area contributed by atoms with Gasteiger partial charge in [0.1, 0.15) is 29.1 Å². The summed E-state index contributed by atoms with van der Waals surface area (Å²) in [7, 11) is 0. The van der Waals surface area contributed by atoms with E-state index >= 15 is 0 Å². The molecule has 2 N–H and O–H groups in total. The van der Waals surface area contributed by atoms with Gasteiger partial charge in [0.25, 0.3) is 5.92 Å². The number of rotatable bonds is 7. The Morgan fingerprint density at radius 1 is 1.05 bits per heavy atom. The lowest BCUT2D eigenvalue weighted by Gasteiger charge is -2.22. The zero-order valence-corrected chi connectivity index (χ0v) is 20.9. The molecule has 1 saturated heterocycles. The Labute approximate surface area is 213 Å². The molecule has 3 aromatic heterocycles. The summed E-state index contributed by atoms with van der Waals surface area (Å²) < 4.78 is 27.0. The van der Waals surface area contributed by atoms with E-state index in [-0.39, 0.29) is 17.7 Å². The Bertz CT molecular complexity index is 1370. The van der Waals surface area contributed by atoms with Crippen molar-refractivity contribution in [2.75, 3.05) is 28.6 Å². The van der Waals surface area contributed by atoms with Crippen LogP contribution in [0.4, 0.5) is 26.2 Å². The highest BCUT2D eigenvalue weighted by atomic mass is 19.3. The predicted molar refractivity (Wildman–Crippen MR) is 133 cm³/mol. The molecule has 3 fully saturated rings. The number of aryl methyl sites for hydroxylation is 3. The lowest BCUT2D eigenvalue weighted by Crippen LogP contribution is -2.28. The summed E-state index contributed by atoms with van der Waals surface area (Å²) in [5.74, 6) is -0.822. The van der Waals surface area contributed by atoms with Crippen molar-refractivity contribution >= 4 is 23.4 Å². The fourth-order valence-electron chi connectivity index (χ4n) is 5.18. The Morgan fingerprint density at radius 2 is 1.81 bits per heavy atom. The second-order valence-corrected chi connectivity index (χ2v) is 10.2. The van der Waals surface area contributed by atoms with Gasteiger partial charge in [0.2, 0.25) is 5.91 Å². The molecule has 9 nitrogen and oxygen atoms in total. The van der Waals surface area contributed by atoms with Gasteiger partial charge in [-0.05, 0) is 44.9 Å². The van der Waals surface area contributed by atoms with E-state index in [1.54, 1.807) is 19.2 Å². The van der Waals surface area contributed by atoms with E-state index in [4.69, 9.17) is 0 Å². The summed E-state index contributed by atoms with van der Waals surface area (Å²) in [4.78, 5) is 36.9. The quantitative estimate of drug-likeness (QED) is 0.500. The molecule has 1 aliphatic heterocycles. The van der Waals surface area contributed by atoms with E-state index < -0.39 is 17.8 Å². The number of carbonyl (C=O) groups is 1. The van der Waals surface area contributed by atoms with E-state index in [0.29, 0.717) is 49.3 Å². The molecule has 0 radical (unpaired) electrons. The Hall–Kier alpha value is -3.76. The van der Waals surface area contributed by atoms with Crippen molar-refractivity contribution in [1.29, 1.82) is 0 Å². The SMILES string of the molecule is Cc1ccnc(C2CC2C(=O)Nc2cc(NCc3ccc(N4CC5C(C4)C5(F)F)nc3C)nc(C)n2)n1. The van der Waals surface area contributed by atoms with E-state index in [1.807, 2.05) is 36.9 Å². The van der Waals surface area contributed by atoms with Gasteiger partial charge >= 0.3 is 0 Å². The number of hydrogen-bond donors (Lipinski definition) is 2. The third-order valence-corrected chi connectivity index (χ3v) is 7.53. The number of aromatic nitrogens is 5. The average Bonchev–Trinajstić information content (AvgIpc) is 3.67. The molecule has 1 amide bonds. The summed E-state index contributed by atoms with van der Waals surface area (Å²) in [6.45, 7) is 6.78. The molecule has 3 aliphatic rings. The second kappa shape index (κ2) is 8.67. The smallest absolute Gasteiger partial charge is 0.258 e. The minimum absolute atomic E-state index is 0.0294. The topological polar surface area (TPSA) is 109 Å². The van der Waals surface area contributed by atoms with Crippen LogP contribution in [0.5, 0.6) is 0 Å². The fourth-order valence-corrected chi connectivity index (χ4v) is 5.18. The molecule has 2 aliphatic carbocycles. The molecule has 3 aromatic rings. The first-order chi connectivity index (χ1) is 17.7. The predicted octanol–water partition coefficient (Wildman–Crippen LogP) is 3.64. The highest BCUT2D eigenvalue weighted by Gasteiger charge is 2.71. The Balaban J connectivity index is 1.06. The van der Waals surface area contributed by atoms with E-state index in [9.17, 15) is 13.6 Å². The molecule has 6 rings (SSSR count). The summed E-state index contributed by atoms with van der Waals surface area (Å²) in [6, 6.07) is 7.39. The normalized spacial score (nSPS) is 24.9. The molecule has 0 aromatic carbocycles. The number of halogens is 2. The number of piperidine rings is 1. The molecule has 4 atom stereocenters. The lowest BCUT2D eigenvalue weighted by atomic mass is 10.2. The highest BCUT2D eigenvalue weighted by Crippen LogP contribution is 2.59. The number of alkyl halides is 2. The summed E-state index contributed by atoms with van der Waals surface area (Å²) in [5, 5.41) is 6.18. The van der Waals surface area contributed by atoms with Gasteiger partial charge in [-0.1, -0.05) is 6.07 Å². The number of fused-ring (bicyclic) bond motifs is 1. The zero-order chi connectivity index (χ0) is 25.9. The van der Waals surface area contributed by atoms with Crippen molar-refractivity contribution in [3.05, 3.63) is 59.1 Å². The fraction of sp³-hybridized carbons (Fsp3) is 0.462. The molecule has 4 unspecified atom stereocenters. The van der Waals surface area contributed by atoms with Crippen LogP contribution in [0.3, 0.4) is 0 Å². The molecular formula is C26H28F2N8O. The maximum atomic E-state index is 13.5. The van der Waals surface area contributed by atoms with Crippen LogP contribution < -0.4 is 15.5 Å². The molecule has 192 valence electrons. The van der Waals surface area contributed by atoms with Crippen LogP contribution in [0.25, 0.3) is 0 Å². The van der Waals surface area contributed by atoms with Crippen LogP contribution in [-0.4, -0.2) is 49.8 Å². The first-order valence-corrected chi connectivity index (χ1v) is 12.5. The maximum Gasteiger partial charge on any atom is 0.258 e. The van der Waals surface area contributed by atoms with Crippen molar-refractivity contribution in [2.24, 2.45) is 17.8 Å². The van der Waals surface area contributed by atoms with Crippen LogP contribution in [-0.2, 0) is 11.3 Å². The van der Waals surface area contributed by atoms with Crippen LogP contribution in [0, 0.1) is 38.5 Å². The van der Waals surface area contributed by atoms with Gasteiger partial charge < -0.3 is 15.5 Å². The van der Waals surface area contributed by atoms with Gasteiger partial charge in [-0.3, -0.25) is 4.79 Å². The van der Waals surface area contributed by atoms with Gasteiger partial charge in [-0.15, -0.1) is 0 Å². The third-order valence-electron chi connectivity index (χ3n) is 7.53. The monoisotopic (exact) mass is 506 g/mol.